The Morgan fingerprint density at radius 2 is 1.44 bits per heavy atom. The summed E-state index contributed by atoms with van der Waals surface area (Å²) in [4.78, 5) is 0. The molecule has 0 amide bonds. The van der Waals surface area contributed by atoms with Crippen molar-refractivity contribution in [3.63, 3.8) is 0 Å². The third kappa shape index (κ3) is 2.98. The molecule has 0 radical (unpaired) electrons. The van der Waals surface area contributed by atoms with E-state index in [0.29, 0.717) is 0 Å². The number of rotatable bonds is 0. The van der Waals surface area contributed by atoms with Crippen molar-refractivity contribution in [2.45, 2.75) is 0 Å². The van der Waals surface area contributed by atoms with Crippen LogP contribution in [-0.4, -0.2) is 0 Å². The third-order valence-corrected chi connectivity index (χ3v) is 3.28. The molecule has 0 heterocycles. The van der Waals surface area contributed by atoms with Crippen LogP contribution in [0, 0.1) is 11.8 Å². The molecule has 0 saturated heterocycles. The lowest BCUT2D eigenvalue weighted by Crippen LogP contribution is -1.77. The molecule has 2 heteroatoms. The molecule has 0 aliphatic rings. The molecular formula is C14H8Br2. The van der Waals surface area contributed by atoms with E-state index in [9.17, 15) is 0 Å². The van der Waals surface area contributed by atoms with Crippen LogP contribution in [0.25, 0.3) is 0 Å². The van der Waals surface area contributed by atoms with Crippen molar-refractivity contribution >= 4 is 31.9 Å². The average molecular weight is 336 g/mol. The van der Waals surface area contributed by atoms with Crippen molar-refractivity contribution in [3.05, 3.63) is 68.6 Å². The fraction of sp³-hybridized carbons (Fsp3) is 0. The summed E-state index contributed by atoms with van der Waals surface area (Å²) < 4.78 is 2.10. The molecule has 2 aromatic rings. The van der Waals surface area contributed by atoms with Gasteiger partial charge < -0.3 is 0 Å². The number of benzene rings is 2. The maximum atomic E-state index is 3.47. The van der Waals surface area contributed by atoms with Crippen molar-refractivity contribution in [2.75, 3.05) is 0 Å². The van der Waals surface area contributed by atoms with Crippen LogP contribution in [0.15, 0.2) is 57.5 Å². The Bertz CT molecular complexity index is 545. The molecule has 0 spiro atoms. The van der Waals surface area contributed by atoms with Crippen molar-refractivity contribution in [3.8, 4) is 11.8 Å². The van der Waals surface area contributed by atoms with E-state index in [1.165, 1.54) is 0 Å². The van der Waals surface area contributed by atoms with Crippen molar-refractivity contribution < 1.29 is 0 Å². The normalized spacial score (nSPS) is 9.38. The van der Waals surface area contributed by atoms with E-state index >= 15 is 0 Å². The highest BCUT2D eigenvalue weighted by Crippen LogP contribution is 2.15. The molecule has 78 valence electrons. The van der Waals surface area contributed by atoms with E-state index in [1.807, 2.05) is 48.5 Å². The van der Waals surface area contributed by atoms with Gasteiger partial charge >= 0.3 is 0 Å². The van der Waals surface area contributed by atoms with E-state index in [-0.39, 0.29) is 0 Å². The Hall–Kier alpha value is -1.04. The minimum absolute atomic E-state index is 1.01. The van der Waals surface area contributed by atoms with Crippen LogP contribution in [-0.2, 0) is 0 Å². The molecule has 0 aromatic heterocycles. The summed E-state index contributed by atoms with van der Waals surface area (Å²) in [7, 11) is 0. The summed E-state index contributed by atoms with van der Waals surface area (Å²) in [6, 6.07) is 15.9. The molecule has 0 bridgehead atoms. The van der Waals surface area contributed by atoms with Gasteiger partial charge in [-0.3, -0.25) is 0 Å². The predicted octanol–water partition coefficient (Wildman–Crippen LogP) is 4.61. The molecule has 0 saturated carbocycles. The summed E-state index contributed by atoms with van der Waals surface area (Å²) in [5.74, 6) is 6.26. The zero-order chi connectivity index (χ0) is 11.4. The monoisotopic (exact) mass is 334 g/mol. The Balaban J connectivity index is 2.29. The summed E-state index contributed by atoms with van der Waals surface area (Å²) in [6.45, 7) is 0. The van der Waals surface area contributed by atoms with Crippen LogP contribution in [0.3, 0.4) is 0 Å². The first-order valence-electron chi connectivity index (χ1n) is 4.78. The Morgan fingerprint density at radius 3 is 2.12 bits per heavy atom. The van der Waals surface area contributed by atoms with E-state index in [1.54, 1.807) is 0 Å². The second-order valence-corrected chi connectivity index (χ2v) is 5.01. The van der Waals surface area contributed by atoms with E-state index < -0.39 is 0 Å². The van der Waals surface area contributed by atoms with Gasteiger partial charge in [0.2, 0.25) is 0 Å². The van der Waals surface area contributed by atoms with Gasteiger partial charge in [-0.25, -0.2) is 0 Å². The van der Waals surface area contributed by atoms with Gasteiger partial charge in [-0.05, 0) is 52.3 Å². The Morgan fingerprint density at radius 1 is 0.750 bits per heavy atom. The topological polar surface area (TPSA) is 0 Å². The first-order chi connectivity index (χ1) is 7.75. The van der Waals surface area contributed by atoms with Crippen LogP contribution in [0.5, 0.6) is 0 Å². The average Bonchev–Trinajstić information content (AvgIpc) is 2.30. The van der Waals surface area contributed by atoms with Gasteiger partial charge in [-0.2, -0.15) is 0 Å². The van der Waals surface area contributed by atoms with Gasteiger partial charge in [-0.15, -0.1) is 0 Å². The van der Waals surface area contributed by atoms with Gasteiger partial charge in [0.15, 0.2) is 0 Å². The smallest absolute Gasteiger partial charge is 0.0391 e. The van der Waals surface area contributed by atoms with Gasteiger partial charge in [0.25, 0.3) is 0 Å². The van der Waals surface area contributed by atoms with E-state index in [2.05, 4.69) is 43.7 Å². The maximum absolute atomic E-state index is 3.47. The van der Waals surface area contributed by atoms with Gasteiger partial charge in [0, 0.05) is 20.1 Å². The molecule has 0 unspecified atom stereocenters. The lowest BCUT2D eigenvalue weighted by Gasteiger charge is -1.94. The fourth-order valence-corrected chi connectivity index (χ4v) is 1.88. The summed E-state index contributed by atoms with van der Waals surface area (Å²) in [6.07, 6.45) is 0. The molecule has 2 aromatic carbocycles. The fourth-order valence-electron chi connectivity index (χ4n) is 1.24. The maximum Gasteiger partial charge on any atom is 0.0391 e. The standard InChI is InChI=1S/C14H8Br2/c15-13-9-6-11(7-10-13)5-8-12-3-1-2-4-14(12)16/h1-4,6-7,9-10H. The largest absolute Gasteiger partial charge is 0.0616 e. The second kappa shape index (κ2) is 5.34. The molecule has 0 fully saturated rings. The molecule has 0 nitrogen and oxygen atoms in total. The first-order valence-corrected chi connectivity index (χ1v) is 6.36. The van der Waals surface area contributed by atoms with Crippen LogP contribution in [0.4, 0.5) is 0 Å². The lowest BCUT2D eigenvalue weighted by atomic mass is 10.2. The van der Waals surface area contributed by atoms with Gasteiger partial charge in [0.1, 0.15) is 0 Å². The first kappa shape index (κ1) is 11.4. The number of hydrogen-bond donors (Lipinski definition) is 0. The van der Waals surface area contributed by atoms with Crippen molar-refractivity contribution in [2.24, 2.45) is 0 Å². The van der Waals surface area contributed by atoms with Gasteiger partial charge in [0.05, 0.1) is 0 Å². The minimum Gasteiger partial charge on any atom is -0.0616 e. The third-order valence-electron chi connectivity index (χ3n) is 2.06. The van der Waals surface area contributed by atoms with Crippen LogP contribution >= 0.6 is 31.9 Å². The number of hydrogen-bond acceptors (Lipinski definition) is 0. The quantitative estimate of drug-likeness (QED) is 0.617. The molecule has 0 aliphatic carbocycles. The second-order valence-electron chi connectivity index (χ2n) is 3.24. The zero-order valence-electron chi connectivity index (χ0n) is 8.37. The number of halogens is 2. The Labute approximate surface area is 112 Å². The van der Waals surface area contributed by atoms with E-state index in [0.717, 1.165) is 20.1 Å². The molecule has 2 rings (SSSR count). The molecule has 16 heavy (non-hydrogen) atoms. The van der Waals surface area contributed by atoms with Crippen LogP contribution in [0.2, 0.25) is 0 Å². The Kier molecular flexibility index (Phi) is 3.82. The lowest BCUT2D eigenvalue weighted by molar-refractivity contribution is 1.57. The minimum atomic E-state index is 1.01. The van der Waals surface area contributed by atoms with Crippen molar-refractivity contribution in [1.29, 1.82) is 0 Å². The molecule has 0 atom stereocenters. The summed E-state index contributed by atoms with van der Waals surface area (Å²) in [5, 5.41) is 0. The highest BCUT2D eigenvalue weighted by Gasteiger charge is 1.92. The SMILES string of the molecule is Brc1ccc(C#Cc2ccccc2Br)cc1. The predicted molar refractivity (Wildman–Crippen MR) is 74.3 cm³/mol. The van der Waals surface area contributed by atoms with E-state index in [4.69, 9.17) is 0 Å². The zero-order valence-corrected chi connectivity index (χ0v) is 11.5. The van der Waals surface area contributed by atoms with Crippen molar-refractivity contribution in [1.82, 2.24) is 0 Å². The van der Waals surface area contributed by atoms with Crippen LogP contribution < -0.4 is 0 Å². The molecular weight excluding hydrogens is 328 g/mol. The summed E-state index contributed by atoms with van der Waals surface area (Å²) >= 11 is 6.87. The van der Waals surface area contributed by atoms with Gasteiger partial charge in [-0.1, -0.05) is 39.9 Å². The highest BCUT2D eigenvalue weighted by atomic mass is 79.9. The highest BCUT2D eigenvalue weighted by molar-refractivity contribution is 9.10. The molecule has 0 aliphatic heterocycles. The summed E-state index contributed by atoms with van der Waals surface area (Å²) in [5.41, 5.74) is 2.02. The molecule has 0 N–H and O–H groups in total. The van der Waals surface area contributed by atoms with Crippen LogP contribution in [0.1, 0.15) is 11.1 Å².